The van der Waals surface area contributed by atoms with Crippen LogP contribution in [0.3, 0.4) is 0 Å². The molecule has 1 N–H and O–H groups in total. The second-order valence-electron chi connectivity index (χ2n) is 6.46. The molecule has 0 unspecified atom stereocenters. The molecule has 0 amide bonds. The number of carbonyl (C=O) groups excluding carboxylic acids is 1. The smallest absolute Gasteiger partial charge is 0.416 e. The number of carboxylic acids is 1. The number of aliphatic carboxylic acids is 1. The number of halogens is 3. The van der Waals surface area contributed by atoms with Crippen molar-refractivity contribution < 1.29 is 23.1 Å². The molecule has 1 aromatic heterocycles. The van der Waals surface area contributed by atoms with E-state index in [9.17, 15) is 23.1 Å². The average molecular weight is 388 g/mol. The number of rotatable bonds is 5. The van der Waals surface area contributed by atoms with E-state index in [0.717, 1.165) is 23.3 Å². The molecule has 0 saturated carbocycles. The molecule has 5 nitrogen and oxygen atoms in total. The molecule has 0 aliphatic rings. The normalized spacial score (nSPS) is 11.5. The molecular weight excluding hydrogens is 371 g/mol. The Bertz CT molecular complexity index is 1000. The van der Waals surface area contributed by atoms with Gasteiger partial charge in [0.25, 0.3) is 0 Å². The van der Waals surface area contributed by atoms with Gasteiger partial charge in [-0.3, -0.25) is 0 Å². The first-order valence-corrected chi connectivity index (χ1v) is 8.44. The van der Waals surface area contributed by atoms with Crippen LogP contribution in [-0.4, -0.2) is 15.7 Å². The third kappa shape index (κ3) is 4.33. The van der Waals surface area contributed by atoms with Crippen molar-refractivity contribution in [3.63, 3.8) is 0 Å². The first kappa shape index (κ1) is 19.5. The maximum absolute atomic E-state index is 12.9. The second-order valence-corrected chi connectivity index (χ2v) is 6.46. The summed E-state index contributed by atoms with van der Waals surface area (Å²) in [5.74, 6) is -0.699. The minimum absolute atomic E-state index is 0.165. The molecule has 0 aliphatic carbocycles. The molecule has 0 saturated heterocycles. The van der Waals surface area contributed by atoms with Gasteiger partial charge in [-0.2, -0.15) is 18.3 Å². The molecule has 0 atom stereocenters. The minimum Gasteiger partial charge on any atom is -0.550 e. The number of carboxylic acid groups (broad SMARTS) is 1. The zero-order valence-electron chi connectivity index (χ0n) is 15.2. The molecule has 28 heavy (non-hydrogen) atoms. The molecule has 0 bridgehead atoms. The van der Waals surface area contributed by atoms with Crippen molar-refractivity contribution in [1.29, 1.82) is 0 Å². The van der Waals surface area contributed by atoms with Crippen molar-refractivity contribution in [2.45, 2.75) is 26.4 Å². The van der Waals surface area contributed by atoms with Crippen LogP contribution in [0.1, 0.15) is 22.3 Å². The number of nitrogens with one attached hydrogen (secondary N) is 1. The number of carbonyl (C=O) groups is 1. The van der Waals surface area contributed by atoms with Crippen molar-refractivity contribution >= 4 is 17.5 Å². The fourth-order valence-electron chi connectivity index (χ4n) is 3.00. The summed E-state index contributed by atoms with van der Waals surface area (Å²) in [6, 6.07) is 10.1. The van der Waals surface area contributed by atoms with Gasteiger partial charge in [0, 0.05) is 30.3 Å². The fraction of sp³-hybridized carbons (Fsp3) is 0.200. The highest BCUT2D eigenvalue weighted by Gasteiger charge is 2.30. The number of aromatic nitrogens is 2. The van der Waals surface area contributed by atoms with Gasteiger partial charge in [-0.1, -0.05) is 6.07 Å². The SMILES string of the molecule is Cc1cc(Nc2ccn(-c3cccc(C(F)(F)F)c3)n2)cc(C)c1CC(=O)[O-]. The van der Waals surface area contributed by atoms with E-state index >= 15 is 0 Å². The summed E-state index contributed by atoms with van der Waals surface area (Å²) in [7, 11) is 0. The number of hydrogen-bond acceptors (Lipinski definition) is 4. The number of hydrogen-bond donors (Lipinski definition) is 1. The van der Waals surface area contributed by atoms with Gasteiger partial charge in [-0.25, -0.2) is 4.68 Å². The van der Waals surface area contributed by atoms with E-state index in [4.69, 9.17) is 0 Å². The van der Waals surface area contributed by atoms with E-state index in [-0.39, 0.29) is 6.42 Å². The van der Waals surface area contributed by atoms with Crippen molar-refractivity contribution in [2.24, 2.45) is 0 Å². The summed E-state index contributed by atoms with van der Waals surface area (Å²) in [4.78, 5) is 10.9. The van der Waals surface area contributed by atoms with Gasteiger partial charge < -0.3 is 15.2 Å². The maximum Gasteiger partial charge on any atom is 0.416 e. The second kappa shape index (κ2) is 7.38. The lowest BCUT2D eigenvalue weighted by atomic mass is 9.99. The Balaban J connectivity index is 1.83. The summed E-state index contributed by atoms with van der Waals surface area (Å²) in [6.07, 6.45) is -3.03. The van der Waals surface area contributed by atoms with Crippen LogP contribution < -0.4 is 10.4 Å². The maximum atomic E-state index is 12.9. The molecule has 0 fully saturated rings. The predicted octanol–water partition coefficient (Wildman–Crippen LogP) is 3.54. The lowest BCUT2D eigenvalue weighted by Crippen LogP contribution is -2.25. The molecule has 0 spiro atoms. The molecule has 8 heteroatoms. The molecule has 0 aliphatic heterocycles. The Kier molecular flexibility index (Phi) is 5.13. The highest BCUT2D eigenvalue weighted by Crippen LogP contribution is 2.30. The van der Waals surface area contributed by atoms with Crippen LogP contribution in [0.2, 0.25) is 0 Å². The van der Waals surface area contributed by atoms with E-state index in [2.05, 4.69) is 10.4 Å². The third-order valence-corrected chi connectivity index (χ3v) is 4.32. The van der Waals surface area contributed by atoms with Crippen LogP contribution in [0.5, 0.6) is 0 Å². The van der Waals surface area contributed by atoms with E-state index in [1.165, 1.54) is 16.8 Å². The lowest BCUT2D eigenvalue weighted by molar-refractivity contribution is -0.304. The average Bonchev–Trinajstić information content (AvgIpc) is 3.06. The molecular formula is C20H17F3N3O2-. The number of nitrogens with zero attached hydrogens (tertiary/aromatic N) is 2. The zero-order chi connectivity index (χ0) is 20.5. The van der Waals surface area contributed by atoms with Crippen molar-refractivity contribution in [1.82, 2.24) is 9.78 Å². The standard InChI is InChI=1S/C20H18F3N3O2/c1-12-8-15(9-13(2)17(12)11-19(27)28)24-18-6-7-26(25-18)16-5-3-4-14(10-16)20(21,22)23/h3-10H,11H2,1-2H3,(H,24,25)(H,27,28)/p-1. The Morgan fingerprint density at radius 1 is 1.14 bits per heavy atom. The number of aryl methyl sites for hydroxylation is 2. The molecule has 0 radical (unpaired) electrons. The van der Waals surface area contributed by atoms with Crippen LogP contribution >= 0.6 is 0 Å². The number of alkyl halides is 3. The summed E-state index contributed by atoms with van der Waals surface area (Å²) in [5.41, 5.74) is 2.53. The monoisotopic (exact) mass is 388 g/mol. The highest BCUT2D eigenvalue weighted by atomic mass is 19.4. The van der Waals surface area contributed by atoms with Gasteiger partial charge in [-0.05, 0) is 60.9 Å². The first-order chi connectivity index (χ1) is 13.1. The topological polar surface area (TPSA) is 70.0 Å². The van der Waals surface area contributed by atoms with Crippen LogP contribution in [0.15, 0.2) is 48.7 Å². The molecule has 3 rings (SSSR count). The first-order valence-electron chi connectivity index (χ1n) is 8.44. The van der Waals surface area contributed by atoms with Crippen LogP contribution in [-0.2, 0) is 17.4 Å². The predicted molar refractivity (Wildman–Crippen MR) is 96.5 cm³/mol. The van der Waals surface area contributed by atoms with Gasteiger partial charge in [0.2, 0.25) is 0 Å². The van der Waals surface area contributed by atoms with Crippen molar-refractivity contribution in [3.05, 3.63) is 70.9 Å². The minimum atomic E-state index is -4.42. The fourth-order valence-corrected chi connectivity index (χ4v) is 3.00. The van der Waals surface area contributed by atoms with E-state index in [1.807, 2.05) is 0 Å². The largest absolute Gasteiger partial charge is 0.550 e. The Morgan fingerprint density at radius 2 is 1.82 bits per heavy atom. The number of benzene rings is 2. The van der Waals surface area contributed by atoms with Crippen molar-refractivity contribution in [2.75, 3.05) is 5.32 Å². The Hall–Kier alpha value is -3.29. The Labute approximate surface area is 159 Å². The van der Waals surface area contributed by atoms with Gasteiger partial charge in [0.15, 0.2) is 5.82 Å². The van der Waals surface area contributed by atoms with Crippen LogP contribution in [0.25, 0.3) is 5.69 Å². The van der Waals surface area contributed by atoms with Gasteiger partial charge in [-0.15, -0.1) is 0 Å². The van der Waals surface area contributed by atoms with Gasteiger partial charge in [0.05, 0.1) is 11.3 Å². The van der Waals surface area contributed by atoms with Crippen LogP contribution in [0, 0.1) is 13.8 Å². The lowest BCUT2D eigenvalue weighted by Gasteiger charge is -2.13. The van der Waals surface area contributed by atoms with E-state index in [1.54, 1.807) is 38.2 Å². The molecule has 2 aromatic carbocycles. The third-order valence-electron chi connectivity index (χ3n) is 4.32. The highest BCUT2D eigenvalue weighted by molar-refractivity contribution is 5.71. The number of anilines is 2. The molecule has 1 heterocycles. The van der Waals surface area contributed by atoms with Gasteiger partial charge in [0.1, 0.15) is 0 Å². The van der Waals surface area contributed by atoms with Crippen molar-refractivity contribution in [3.8, 4) is 5.69 Å². The van der Waals surface area contributed by atoms with E-state index in [0.29, 0.717) is 22.8 Å². The Morgan fingerprint density at radius 3 is 2.43 bits per heavy atom. The molecule has 146 valence electrons. The summed E-state index contributed by atoms with van der Waals surface area (Å²) < 4.78 is 40.0. The summed E-state index contributed by atoms with van der Waals surface area (Å²) >= 11 is 0. The summed E-state index contributed by atoms with van der Waals surface area (Å²) in [5, 5.41) is 18.2. The van der Waals surface area contributed by atoms with Crippen LogP contribution in [0.4, 0.5) is 24.7 Å². The quantitative estimate of drug-likeness (QED) is 0.726. The zero-order valence-corrected chi connectivity index (χ0v) is 15.2. The molecule has 3 aromatic rings. The van der Waals surface area contributed by atoms with Gasteiger partial charge >= 0.3 is 6.18 Å². The summed E-state index contributed by atoms with van der Waals surface area (Å²) in [6.45, 7) is 3.61. The van der Waals surface area contributed by atoms with E-state index < -0.39 is 17.7 Å².